The van der Waals surface area contributed by atoms with Crippen molar-refractivity contribution in [3.8, 4) is 0 Å². The predicted molar refractivity (Wildman–Crippen MR) is 49.3 cm³/mol. The molecule has 12 heavy (non-hydrogen) atoms. The van der Waals surface area contributed by atoms with Crippen molar-refractivity contribution in [3.05, 3.63) is 34.3 Å². The number of fused-ring (bicyclic) bond motifs is 1. The summed E-state index contributed by atoms with van der Waals surface area (Å²) in [5, 5.41) is 10.4. The molecule has 64 valence electrons. The topological polar surface area (TPSA) is 20.2 Å². The molecule has 0 bridgehead atoms. The lowest BCUT2D eigenvalue weighted by Crippen LogP contribution is -2.09. The summed E-state index contributed by atoms with van der Waals surface area (Å²) in [6.45, 7) is 0. The first-order valence-corrected chi connectivity index (χ1v) is 4.62. The van der Waals surface area contributed by atoms with Crippen LogP contribution in [0.5, 0.6) is 0 Å². The van der Waals surface area contributed by atoms with Gasteiger partial charge in [0.25, 0.3) is 0 Å². The van der Waals surface area contributed by atoms with Gasteiger partial charge in [0.2, 0.25) is 0 Å². The van der Waals surface area contributed by atoms with Crippen molar-refractivity contribution in [2.45, 2.75) is 25.4 Å². The van der Waals surface area contributed by atoms with Gasteiger partial charge in [0.15, 0.2) is 0 Å². The zero-order valence-electron chi connectivity index (χ0n) is 6.76. The maximum Gasteiger partial charge on any atom is 0.0807 e. The number of hydrogen-bond acceptors (Lipinski definition) is 1. The Morgan fingerprint density at radius 3 is 3.00 bits per heavy atom. The Kier molecular flexibility index (Phi) is 2.07. The fourth-order valence-corrected chi connectivity index (χ4v) is 2.12. The third-order valence-corrected chi connectivity index (χ3v) is 2.73. The average Bonchev–Trinajstić information content (AvgIpc) is 2.04. The Morgan fingerprint density at radius 1 is 1.42 bits per heavy atom. The average molecular weight is 183 g/mol. The monoisotopic (exact) mass is 182 g/mol. The minimum atomic E-state index is -0.345. The molecule has 1 nitrogen and oxygen atoms in total. The van der Waals surface area contributed by atoms with E-state index in [1.54, 1.807) is 0 Å². The SMILES string of the molecule is O[C@H]1CCCc2cccc(Cl)c21. The Bertz CT molecular complexity index is 296. The van der Waals surface area contributed by atoms with E-state index in [4.69, 9.17) is 11.6 Å². The number of aryl methyl sites for hydroxylation is 1. The number of rotatable bonds is 0. The van der Waals surface area contributed by atoms with Crippen LogP contribution >= 0.6 is 11.6 Å². The fourth-order valence-electron chi connectivity index (χ4n) is 1.80. The normalized spacial score (nSPS) is 22.0. The van der Waals surface area contributed by atoms with Gasteiger partial charge < -0.3 is 5.11 Å². The van der Waals surface area contributed by atoms with Crippen molar-refractivity contribution < 1.29 is 5.11 Å². The second-order valence-corrected chi connectivity index (χ2v) is 3.63. The van der Waals surface area contributed by atoms with Crippen LogP contribution in [0.4, 0.5) is 0 Å². The summed E-state index contributed by atoms with van der Waals surface area (Å²) in [4.78, 5) is 0. The summed E-state index contributed by atoms with van der Waals surface area (Å²) < 4.78 is 0. The van der Waals surface area contributed by atoms with Crippen LogP contribution in [0.3, 0.4) is 0 Å². The van der Waals surface area contributed by atoms with E-state index in [1.165, 1.54) is 5.56 Å². The van der Waals surface area contributed by atoms with Gasteiger partial charge in [-0.1, -0.05) is 23.7 Å². The molecule has 1 N–H and O–H groups in total. The van der Waals surface area contributed by atoms with Gasteiger partial charge in [-0.3, -0.25) is 0 Å². The Morgan fingerprint density at radius 2 is 2.25 bits per heavy atom. The number of hydrogen-bond donors (Lipinski definition) is 1. The lowest BCUT2D eigenvalue weighted by Gasteiger charge is -2.21. The first-order valence-electron chi connectivity index (χ1n) is 4.24. The molecule has 1 aromatic rings. The lowest BCUT2D eigenvalue weighted by molar-refractivity contribution is 0.156. The van der Waals surface area contributed by atoms with Gasteiger partial charge in [-0.05, 0) is 30.9 Å². The van der Waals surface area contributed by atoms with E-state index in [2.05, 4.69) is 0 Å². The van der Waals surface area contributed by atoms with E-state index in [-0.39, 0.29) is 6.10 Å². The molecule has 0 spiro atoms. The minimum absolute atomic E-state index is 0.345. The molecule has 2 rings (SSSR count). The summed E-state index contributed by atoms with van der Waals surface area (Å²) in [6.07, 6.45) is 2.61. The molecule has 0 saturated carbocycles. The highest BCUT2D eigenvalue weighted by atomic mass is 35.5. The van der Waals surface area contributed by atoms with Crippen LogP contribution in [0.1, 0.15) is 30.1 Å². The molecule has 1 aliphatic carbocycles. The molecule has 1 aliphatic rings. The van der Waals surface area contributed by atoms with Gasteiger partial charge in [-0.2, -0.15) is 0 Å². The van der Waals surface area contributed by atoms with Crippen LogP contribution in [0.15, 0.2) is 18.2 Å². The van der Waals surface area contributed by atoms with E-state index < -0.39 is 0 Å². The first kappa shape index (κ1) is 8.09. The lowest BCUT2D eigenvalue weighted by atomic mass is 9.89. The van der Waals surface area contributed by atoms with Crippen LogP contribution in [-0.2, 0) is 6.42 Å². The Labute approximate surface area is 77.0 Å². The minimum Gasteiger partial charge on any atom is -0.388 e. The van der Waals surface area contributed by atoms with Crippen LogP contribution in [0.25, 0.3) is 0 Å². The van der Waals surface area contributed by atoms with Gasteiger partial charge in [-0.25, -0.2) is 0 Å². The number of benzene rings is 1. The molecular formula is C10H11ClO. The van der Waals surface area contributed by atoms with Crippen molar-refractivity contribution in [3.63, 3.8) is 0 Å². The van der Waals surface area contributed by atoms with E-state index in [0.717, 1.165) is 24.8 Å². The van der Waals surface area contributed by atoms with Crippen molar-refractivity contribution in [1.82, 2.24) is 0 Å². The largest absolute Gasteiger partial charge is 0.388 e. The van der Waals surface area contributed by atoms with Crippen molar-refractivity contribution in [2.24, 2.45) is 0 Å². The van der Waals surface area contributed by atoms with Crippen molar-refractivity contribution >= 4 is 11.6 Å². The van der Waals surface area contributed by atoms with Gasteiger partial charge >= 0.3 is 0 Å². The molecule has 0 saturated heterocycles. The molecule has 0 heterocycles. The fraction of sp³-hybridized carbons (Fsp3) is 0.400. The standard InChI is InChI=1S/C10H11ClO/c11-8-5-1-3-7-4-2-6-9(12)10(7)8/h1,3,5,9,12H,2,4,6H2/t9-/m0/s1. The van der Waals surface area contributed by atoms with Gasteiger partial charge in [-0.15, -0.1) is 0 Å². The highest BCUT2D eigenvalue weighted by Crippen LogP contribution is 2.34. The van der Waals surface area contributed by atoms with Crippen LogP contribution in [-0.4, -0.2) is 5.11 Å². The van der Waals surface area contributed by atoms with Gasteiger partial charge in [0.05, 0.1) is 6.10 Å². The third-order valence-electron chi connectivity index (χ3n) is 2.40. The first-order chi connectivity index (χ1) is 5.79. The molecule has 2 heteroatoms. The predicted octanol–water partition coefficient (Wildman–Crippen LogP) is 2.71. The number of aliphatic hydroxyl groups is 1. The van der Waals surface area contributed by atoms with Crippen molar-refractivity contribution in [1.29, 1.82) is 0 Å². The molecule has 1 aromatic carbocycles. The molecule has 0 fully saturated rings. The smallest absolute Gasteiger partial charge is 0.0807 e. The highest BCUT2D eigenvalue weighted by molar-refractivity contribution is 6.31. The number of halogens is 1. The summed E-state index contributed by atoms with van der Waals surface area (Å²) in [5.41, 5.74) is 2.16. The molecule has 0 radical (unpaired) electrons. The van der Waals surface area contributed by atoms with Gasteiger partial charge in [0.1, 0.15) is 0 Å². The van der Waals surface area contributed by atoms with Crippen LogP contribution < -0.4 is 0 Å². The summed E-state index contributed by atoms with van der Waals surface area (Å²) in [5.74, 6) is 0. The molecule has 0 amide bonds. The second kappa shape index (κ2) is 3.08. The van der Waals surface area contributed by atoms with E-state index in [0.29, 0.717) is 5.02 Å². The zero-order valence-corrected chi connectivity index (χ0v) is 7.51. The molecule has 0 aromatic heterocycles. The maximum absolute atomic E-state index is 9.66. The zero-order chi connectivity index (χ0) is 8.55. The molecule has 0 unspecified atom stereocenters. The van der Waals surface area contributed by atoms with Crippen molar-refractivity contribution in [2.75, 3.05) is 0 Å². The van der Waals surface area contributed by atoms with E-state index >= 15 is 0 Å². The summed E-state index contributed by atoms with van der Waals surface area (Å²) in [6, 6.07) is 5.83. The maximum atomic E-state index is 9.66. The van der Waals surface area contributed by atoms with Crippen LogP contribution in [0, 0.1) is 0 Å². The molecule has 0 aliphatic heterocycles. The molecular weight excluding hydrogens is 172 g/mol. The van der Waals surface area contributed by atoms with Crippen LogP contribution in [0.2, 0.25) is 5.02 Å². The second-order valence-electron chi connectivity index (χ2n) is 3.22. The summed E-state index contributed by atoms with van der Waals surface area (Å²) in [7, 11) is 0. The van der Waals surface area contributed by atoms with E-state index in [1.807, 2.05) is 18.2 Å². The van der Waals surface area contributed by atoms with Gasteiger partial charge in [0, 0.05) is 10.6 Å². The third kappa shape index (κ3) is 1.23. The molecule has 1 atom stereocenters. The highest BCUT2D eigenvalue weighted by Gasteiger charge is 2.19. The quantitative estimate of drug-likeness (QED) is 0.654. The Balaban J connectivity index is 2.53. The Hall–Kier alpha value is -0.530. The summed E-state index contributed by atoms with van der Waals surface area (Å²) >= 11 is 5.98. The number of aliphatic hydroxyl groups excluding tert-OH is 1. The van der Waals surface area contributed by atoms with E-state index in [9.17, 15) is 5.11 Å².